The molecular formula is C16H11BrFNO3S. The SMILES string of the molecule is O=C(COc1ccc(Br)cc1F)OCc1nc2ccccc2s1. The Labute approximate surface area is 144 Å². The second kappa shape index (κ2) is 7.06. The van der Waals surface area contributed by atoms with Gasteiger partial charge in [-0.3, -0.25) is 0 Å². The lowest BCUT2D eigenvalue weighted by molar-refractivity contribution is -0.147. The molecule has 0 spiro atoms. The summed E-state index contributed by atoms with van der Waals surface area (Å²) in [6.45, 7) is -0.284. The number of rotatable bonds is 5. The van der Waals surface area contributed by atoms with E-state index in [1.165, 1.54) is 23.5 Å². The summed E-state index contributed by atoms with van der Waals surface area (Å²) in [6, 6.07) is 12.0. The molecule has 4 nitrogen and oxygen atoms in total. The molecule has 23 heavy (non-hydrogen) atoms. The van der Waals surface area contributed by atoms with Gasteiger partial charge in [0.1, 0.15) is 11.6 Å². The van der Waals surface area contributed by atoms with Gasteiger partial charge in [0.25, 0.3) is 0 Å². The average molecular weight is 396 g/mol. The molecule has 0 saturated heterocycles. The zero-order valence-electron chi connectivity index (χ0n) is 11.8. The van der Waals surface area contributed by atoms with E-state index >= 15 is 0 Å². The second-order valence-corrected chi connectivity index (χ2v) is 6.63. The lowest BCUT2D eigenvalue weighted by Crippen LogP contribution is -2.15. The average Bonchev–Trinajstić information content (AvgIpc) is 2.95. The standard InChI is InChI=1S/C16H11BrFNO3S/c17-10-5-6-13(11(18)7-10)21-9-16(20)22-8-15-19-12-3-1-2-4-14(12)23-15/h1-7H,8-9H2. The molecule has 3 aromatic rings. The Hall–Kier alpha value is -1.99. The van der Waals surface area contributed by atoms with Crippen molar-refractivity contribution < 1.29 is 18.7 Å². The van der Waals surface area contributed by atoms with Gasteiger partial charge in [-0.25, -0.2) is 14.2 Å². The minimum Gasteiger partial charge on any atom is -0.479 e. The fourth-order valence-electron chi connectivity index (χ4n) is 1.89. The molecule has 7 heteroatoms. The molecular weight excluding hydrogens is 385 g/mol. The van der Waals surface area contributed by atoms with Gasteiger partial charge in [0.05, 0.1) is 10.2 Å². The number of para-hydroxylation sites is 1. The van der Waals surface area contributed by atoms with E-state index in [2.05, 4.69) is 20.9 Å². The monoisotopic (exact) mass is 395 g/mol. The van der Waals surface area contributed by atoms with Crippen LogP contribution < -0.4 is 4.74 Å². The lowest BCUT2D eigenvalue weighted by Gasteiger charge is -2.07. The molecule has 0 amide bonds. The van der Waals surface area contributed by atoms with E-state index in [0.717, 1.165) is 10.2 Å². The van der Waals surface area contributed by atoms with E-state index in [0.29, 0.717) is 9.48 Å². The van der Waals surface area contributed by atoms with Crippen molar-refractivity contribution in [3.8, 4) is 5.75 Å². The van der Waals surface area contributed by atoms with Crippen LogP contribution in [0.15, 0.2) is 46.9 Å². The smallest absolute Gasteiger partial charge is 0.344 e. The van der Waals surface area contributed by atoms with E-state index in [9.17, 15) is 9.18 Å². The number of fused-ring (bicyclic) bond motifs is 1. The highest BCUT2D eigenvalue weighted by atomic mass is 79.9. The summed E-state index contributed by atoms with van der Waals surface area (Å²) in [6.07, 6.45) is 0. The van der Waals surface area contributed by atoms with Crippen molar-refractivity contribution in [2.75, 3.05) is 6.61 Å². The van der Waals surface area contributed by atoms with Gasteiger partial charge < -0.3 is 9.47 Å². The summed E-state index contributed by atoms with van der Waals surface area (Å²) in [5.74, 6) is -1.12. The number of benzene rings is 2. The van der Waals surface area contributed by atoms with E-state index < -0.39 is 11.8 Å². The normalized spacial score (nSPS) is 10.7. The first kappa shape index (κ1) is 15.9. The van der Waals surface area contributed by atoms with Crippen molar-refractivity contribution in [2.45, 2.75) is 6.61 Å². The number of aromatic nitrogens is 1. The Kier molecular flexibility index (Phi) is 4.88. The molecule has 0 bridgehead atoms. The van der Waals surface area contributed by atoms with Gasteiger partial charge >= 0.3 is 5.97 Å². The van der Waals surface area contributed by atoms with Crippen LogP contribution in [-0.4, -0.2) is 17.6 Å². The number of carbonyl (C=O) groups excluding carboxylic acids is 1. The topological polar surface area (TPSA) is 48.4 Å². The third-order valence-corrected chi connectivity index (χ3v) is 4.44. The van der Waals surface area contributed by atoms with Crippen molar-refractivity contribution >= 4 is 43.5 Å². The molecule has 0 aliphatic rings. The largest absolute Gasteiger partial charge is 0.479 e. The van der Waals surface area contributed by atoms with Crippen molar-refractivity contribution in [1.29, 1.82) is 0 Å². The van der Waals surface area contributed by atoms with Gasteiger partial charge in [-0.15, -0.1) is 11.3 Å². The highest BCUT2D eigenvalue weighted by molar-refractivity contribution is 9.10. The van der Waals surface area contributed by atoms with Crippen molar-refractivity contribution in [2.24, 2.45) is 0 Å². The molecule has 0 unspecified atom stereocenters. The molecule has 0 radical (unpaired) electrons. The predicted octanol–water partition coefficient (Wildman–Crippen LogP) is 4.32. The molecule has 2 aromatic carbocycles. The van der Waals surface area contributed by atoms with Gasteiger partial charge in [-0.1, -0.05) is 28.1 Å². The van der Waals surface area contributed by atoms with Gasteiger partial charge in [-0.2, -0.15) is 0 Å². The lowest BCUT2D eigenvalue weighted by atomic mass is 10.3. The van der Waals surface area contributed by atoms with E-state index in [1.807, 2.05) is 24.3 Å². The number of carbonyl (C=O) groups is 1. The zero-order chi connectivity index (χ0) is 16.2. The maximum absolute atomic E-state index is 13.6. The van der Waals surface area contributed by atoms with E-state index in [-0.39, 0.29) is 19.0 Å². The summed E-state index contributed by atoms with van der Waals surface area (Å²) in [5, 5.41) is 0.703. The molecule has 118 valence electrons. The Balaban J connectivity index is 1.53. The van der Waals surface area contributed by atoms with Gasteiger partial charge in [0.15, 0.2) is 18.2 Å². The highest BCUT2D eigenvalue weighted by Crippen LogP contribution is 2.23. The second-order valence-electron chi connectivity index (χ2n) is 4.60. The fourth-order valence-corrected chi connectivity index (χ4v) is 3.11. The molecule has 0 N–H and O–H groups in total. The Morgan fingerprint density at radius 3 is 2.87 bits per heavy atom. The molecule has 0 aliphatic heterocycles. The maximum atomic E-state index is 13.6. The van der Waals surface area contributed by atoms with Crippen molar-refractivity contribution in [3.05, 3.63) is 57.8 Å². The fraction of sp³-hybridized carbons (Fsp3) is 0.125. The first-order valence-corrected chi connectivity index (χ1v) is 8.31. The van der Waals surface area contributed by atoms with Crippen molar-refractivity contribution in [1.82, 2.24) is 4.98 Å². The number of thiazole rings is 1. The minimum atomic E-state index is -0.577. The third kappa shape index (κ3) is 4.05. The highest BCUT2D eigenvalue weighted by Gasteiger charge is 2.10. The van der Waals surface area contributed by atoms with Crippen LogP contribution in [0.5, 0.6) is 5.75 Å². The molecule has 0 atom stereocenters. The van der Waals surface area contributed by atoms with Crippen LogP contribution in [0.2, 0.25) is 0 Å². The number of nitrogens with zero attached hydrogens (tertiary/aromatic N) is 1. The summed E-state index contributed by atoms with van der Waals surface area (Å²) >= 11 is 4.61. The van der Waals surface area contributed by atoms with Crippen LogP contribution in [-0.2, 0) is 16.1 Å². The van der Waals surface area contributed by atoms with Crippen LogP contribution in [0.25, 0.3) is 10.2 Å². The van der Waals surface area contributed by atoms with E-state index in [4.69, 9.17) is 9.47 Å². The van der Waals surface area contributed by atoms with Crippen LogP contribution in [0.4, 0.5) is 4.39 Å². The first-order valence-electron chi connectivity index (χ1n) is 6.70. The summed E-state index contributed by atoms with van der Waals surface area (Å²) in [5.41, 5.74) is 0.872. The molecule has 0 saturated carbocycles. The van der Waals surface area contributed by atoms with Crippen LogP contribution in [0, 0.1) is 5.82 Å². The Morgan fingerprint density at radius 1 is 1.26 bits per heavy atom. The Bertz CT molecular complexity index is 819. The molecule has 1 aromatic heterocycles. The quantitative estimate of drug-likeness (QED) is 0.603. The predicted molar refractivity (Wildman–Crippen MR) is 89.0 cm³/mol. The number of esters is 1. The summed E-state index contributed by atoms with van der Waals surface area (Å²) < 4.78 is 25.4. The number of hydrogen-bond donors (Lipinski definition) is 0. The zero-order valence-corrected chi connectivity index (χ0v) is 14.2. The van der Waals surface area contributed by atoms with Gasteiger partial charge in [-0.05, 0) is 30.3 Å². The summed E-state index contributed by atoms with van der Waals surface area (Å²) in [4.78, 5) is 16.0. The van der Waals surface area contributed by atoms with Crippen LogP contribution in [0.3, 0.4) is 0 Å². The molecule has 0 fully saturated rings. The number of halogens is 2. The number of hydrogen-bond acceptors (Lipinski definition) is 5. The molecule has 3 rings (SSSR count). The first-order chi connectivity index (χ1) is 11.1. The third-order valence-electron chi connectivity index (χ3n) is 2.93. The number of ether oxygens (including phenoxy) is 2. The summed E-state index contributed by atoms with van der Waals surface area (Å²) in [7, 11) is 0. The van der Waals surface area contributed by atoms with Crippen LogP contribution >= 0.6 is 27.3 Å². The maximum Gasteiger partial charge on any atom is 0.344 e. The Morgan fingerprint density at radius 2 is 2.09 bits per heavy atom. The molecule has 1 heterocycles. The van der Waals surface area contributed by atoms with Crippen LogP contribution in [0.1, 0.15) is 5.01 Å². The van der Waals surface area contributed by atoms with Crippen molar-refractivity contribution in [3.63, 3.8) is 0 Å². The minimum absolute atomic E-state index is 0.00476. The molecule has 0 aliphatic carbocycles. The van der Waals surface area contributed by atoms with Gasteiger partial charge in [0, 0.05) is 4.47 Å². The van der Waals surface area contributed by atoms with Gasteiger partial charge in [0.2, 0.25) is 0 Å². The van der Waals surface area contributed by atoms with E-state index in [1.54, 1.807) is 6.07 Å².